The van der Waals surface area contributed by atoms with E-state index in [0.717, 1.165) is 36.5 Å². The number of hydrogen-bond acceptors (Lipinski definition) is 3. The molecule has 1 aromatic carbocycles. The van der Waals surface area contributed by atoms with Crippen molar-refractivity contribution >= 4 is 17.7 Å². The fourth-order valence-electron chi connectivity index (χ4n) is 1.89. The highest BCUT2D eigenvalue weighted by molar-refractivity contribution is 8.00. The van der Waals surface area contributed by atoms with Gasteiger partial charge in [-0.05, 0) is 31.9 Å². The molecule has 0 aromatic heterocycles. The van der Waals surface area contributed by atoms with Gasteiger partial charge in [0.1, 0.15) is 0 Å². The topological polar surface area (TPSA) is 46.5 Å². The van der Waals surface area contributed by atoms with Crippen molar-refractivity contribution in [3.05, 3.63) is 29.3 Å². The molecule has 3 nitrogen and oxygen atoms in total. The van der Waals surface area contributed by atoms with Crippen LogP contribution in [-0.4, -0.2) is 29.5 Å². The molecular formula is C13H16O3S. The summed E-state index contributed by atoms with van der Waals surface area (Å²) in [5.74, 6) is -0.844. The number of carboxylic acids is 1. The minimum absolute atomic E-state index is 0.418. The summed E-state index contributed by atoms with van der Waals surface area (Å²) < 4.78 is 5.30. The van der Waals surface area contributed by atoms with Gasteiger partial charge in [-0.2, -0.15) is 0 Å². The molecule has 0 spiro atoms. The average molecular weight is 252 g/mol. The van der Waals surface area contributed by atoms with E-state index in [2.05, 4.69) is 0 Å². The first-order valence-corrected chi connectivity index (χ1v) is 6.63. The second-order valence-corrected chi connectivity index (χ2v) is 5.58. The molecular weight excluding hydrogens is 236 g/mol. The largest absolute Gasteiger partial charge is 0.478 e. The predicted molar refractivity (Wildman–Crippen MR) is 67.8 cm³/mol. The number of benzene rings is 1. The van der Waals surface area contributed by atoms with Gasteiger partial charge in [0.2, 0.25) is 0 Å². The van der Waals surface area contributed by atoms with Crippen LogP contribution < -0.4 is 0 Å². The van der Waals surface area contributed by atoms with E-state index in [1.54, 1.807) is 17.8 Å². The van der Waals surface area contributed by atoms with Gasteiger partial charge >= 0.3 is 5.97 Å². The van der Waals surface area contributed by atoms with Crippen LogP contribution in [-0.2, 0) is 4.74 Å². The quantitative estimate of drug-likeness (QED) is 0.898. The van der Waals surface area contributed by atoms with Gasteiger partial charge in [-0.15, -0.1) is 11.8 Å². The van der Waals surface area contributed by atoms with Crippen molar-refractivity contribution in [3.63, 3.8) is 0 Å². The summed E-state index contributed by atoms with van der Waals surface area (Å²) in [6, 6.07) is 5.62. The number of aromatic carboxylic acids is 1. The summed E-state index contributed by atoms with van der Waals surface area (Å²) in [7, 11) is 0. The van der Waals surface area contributed by atoms with Gasteiger partial charge in [0.05, 0.1) is 5.56 Å². The van der Waals surface area contributed by atoms with Crippen LogP contribution in [0.5, 0.6) is 0 Å². The maximum Gasteiger partial charge on any atom is 0.336 e. The van der Waals surface area contributed by atoms with Crippen molar-refractivity contribution in [3.8, 4) is 0 Å². The maximum absolute atomic E-state index is 11.2. The summed E-state index contributed by atoms with van der Waals surface area (Å²) in [5, 5.41) is 9.66. The Labute approximate surface area is 105 Å². The Morgan fingerprint density at radius 2 is 2.12 bits per heavy atom. The van der Waals surface area contributed by atoms with Gasteiger partial charge in [0.15, 0.2) is 0 Å². The fourth-order valence-corrected chi connectivity index (χ4v) is 3.09. The Bertz CT molecular complexity index is 411. The molecule has 1 aromatic rings. The zero-order valence-corrected chi connectivity index (χ0v) is 10.6. The molecule has 2 rings (SSSR count). The molecule has 0 amide bonds. The van der Waals surface area contributed by atoms with Crippen LogP contribution >= 0.6 is 11.8 Å². The molecule has 1 aliphatic rings. The molecule has 0 saturated carbocycles. The van der Waals surface area contributed by atoms with E-state index in [0.29, 0.717) is 10.8 Å². The first-order chi connectivity index (χ1) is 8.16. The van der Waals surface area contributed by atoms with E-state index >= 15 is 0 Å². The second-order valence-electron chi connectivity index (χ2n) is 4.23. The molecule has 1 saturated heterocycles. The molecule has 4 heteroatoms. The molecule has 0 unspecified atom stereocenters. The number of thioether (sulfide) groups is 1. The standard InChI is InChI=1S/C13H16O3S/c1-9-2-3-12(11(8-9)13(14)15)17-10-4-6-16-7-5-10/h2-3,8,10H,4-7H2,1H3,(H,14,15). The SMILES string of the molecule is Cc1ccc(SC2CCOCC2)c(C(=O)O)c1. The molecule has 0 bridgehead atoms. The van der Waals surface area contributed by atoms with E-state index in [1.807, 2.05) is 19.1 Å². The van der Waals surface area contributed by atoms with Crippen molar-refractivity contribution in [2.75, 3.05) is 13.2 Å². The zero-order valence-electron chi connectivity index (χ0n) is 9.81. The first kappa shape index (κ1) is 12.5. The van der Waals surface area contributed by atoms with E-state index < -0.39 is 5.97 Å². The lowest BCUT2D eigenvalue weighted by molar-refractivity contribution is 0.0693. The van der Waals surface area contributed by atoms with Gasteiger partial charge < -0.3 is 9.84 Å². The van der Waals surface area contributed by atoms with Crippen molar-refractivity contribution in [1.29, 1.82) is 0 Å². The number of ether oxygens (including phenoxy) is 1. The molecule has 17 heavy (non-hydrogen) atoms. The third-order valence-corrected chi connectivity index (χ3v) is 4.24. The van der Waals surface area contributed by atoms with Crippen molar-refractivity contribution < 1.29 is 14.6 Å². The number of hydrogen-bond donors (Lipinski definition) is 1. The molecule has 92 valence electrons. The Kier molecular flexibility index (Phi) is 4.07. The van der Waals surface area contributed by atoms with E-state index in [-0.39, 0.29) is 0 Å². The summed E-state index contributed by atoms with van der Waals surface area (Å²) in [6.45, 7) is 3.48. The number of rotatable bonds is 3. The van der Waals surface area contributed by atoms with Gasteiger partial charge in [-0.1, -0.05) is 11.6 Å². The van der Waals surface area contributed by atoms with Crippen LogP contribution in [0.25, 0.3) is 0 Å². The van der Waals surface area contributed by atoms with Crippen LogP contribution in [0, 0.1) is 6.92 Å². The summed E-state index contributed by atoms with van der Waals surface area (Å²) >= 11 is 1.67. The Morgan fingerprint density at radius 3 is 2.76 bits per heavy atom. The Balaban J connectivity index is 2.16. The van der Waals surface area contributed by atoms with Gasteiger partial charge in [0, 0.05) is 23.4 Å². The molecule has 1 N–H and O–H groups in total. The van der Waals surface area contributed by atoms with E-state index in [4.69, 9.17) is 4.74 Å². The predicted octanol–water partition coefficient (Wildman–Crippen LogP) is 2.96. The lowest BCUT2D eigenvalue weighted by atomic mass is 10.1. The normalized spacial score (nSPS) is 17.0. The molecule has 0 atom stereocenters. The van der Waals surface area contributed by atoms with E-state index in [9.17, 15) is 9.90 Å². The van der Waals surface area contributed by atoms with Crippen LogP contribution in [0.1, 0.15) is 28.8 Å². The first-order valence-electron chi connectivity index (χ1n) is 5.75. The van der Waals surface area contributed by atoms with Crippen LogP contribution in [0.3, 0.4) is 0 Å². The fraction of sp³-hybridized carbons (Fsp3) is 0.462. The smallest absolute Gasteiger partial charge is 0.336 e. The number of aryl methyl sites for hydroxylation is 1. The lowest BCUT2D eigenvalue weighted by Gasteiger charge is -2.22. The Hall–Kier alpha value is -1.00. The summed E-state index contributed by atoms with van der Waals surface area (Å²) in [6.07, 6.45) is 2.00. The Morgan fingerprint density at radius 1 is 1.41 bits per heavy atom. The number of carbonyl (C=O) groups is 1. The number of carboxylic acid groups (broad SMARTS) is 1. The lowest BCUT2D eigenvalue weighted by Crippen LogP contribution is -2.17. The van der Waals surface area contributed by atoms with Gasteiger partial charge in [0.25, 0.3) is 0 Å². The highest BCUT2D eigenvalue weighted by Gasteiger charge is 2.18. The molecule has 1 aliphatic heterocycles. The van der Waals surface area contributed by atoms with Crippen molar-refractivity contribution in [2.24, 2.45) is 0 Å². The van der Waals surface area contributed by atoms with Crippen LogP contribution in [0.4, 0.5) is 0 Å². The average Bonchev–Trinajstić information content (AvgIpc) is 2.32. The zero-order chi connectivity index (χ0) is 12.3. The third-order valence-electron chi connectivity index (χ3n) is 2.83. The highest BCUT2D eigenvalue weighted by Crippen LogP contribution is 2.32. The van der Waals surface area contributed by atoms with Gasteiger partial charge in [-0.3, -0.25) is 0 Å². The van der Waals surface area contributed by atoms with Crippen molar-refractivity contribution in [1.82, 2.24) is 0 Å². The molecule has 1 heterocycles. The second kappa shape index (κ2) is 5.56. The van der Waals surface area contributed by atoms with Crippen LogP contribution in [0.15, 0.2) is 23.1 Å². The summed E-state index contributed by atoms with van der Waals surface area (Å²) in [5.41, 5.74) is 1.40. The monoisotopic (exact) mass is 252 g/mol. The van der Waals surface area contributed by atoms with Gasteiger partial charge in [-0.25, -0.2) is 4.79 Å². The minimum atomic E-state index is -0.844. The van der Waals surface area contributed by atoms with E-state index in [1.165, 1.54) is 0 Å². The van der Waals surface area contributed by atoms with Crippen molar-refractivity contribution in [2.45, 2.75) is 29.9 Å². The summed E-state index contributed by atoms with van der Waals surface area (Å²) in [4.78, 5) is 12.0. The highest BCUT2D eigenvalue weighted by atomic mass is 32.2. The molecule has 1 fully saturated rings. The third kappa shape index (κ3) is 3.23. The van der Waals surface area contributed by atoms with Crippen LogP contribution in [0.2, 0.25) is 0 Å². The molecule has 0 radical (unpaired) electrons. The molecule has 0 aliphatic carbocycles. The maximum atomic E-state index is 11.2. The minimum Gasteiger partial charge on any atom is -0.478 e.